The van der Waals surface area contributed by atoms with Gasteiger partial charge in [0.1, 0.15) is 0 Å². The van der Waals surface area contributed by atoms with Crippen molar-refractivity contribution in [2.75, 3.05) is 0 Å². The van der Waals surface area contributed by atoms with Crippen LogP contribution in [0.2, 0.25) is 20.4 Å². The maximum absolute atomic E-state index is 3.11. The number of benzene rings is 4. The zero-order valence-corrected chi connectivity index (χ0v) is 33.0. The van der Waals surface area contributed by atoms with Gasteiger partial charge in [-0.3, -0.25) is 0 Å². The van der Waals surface area contributed by atoms with E-state index in [0.717, 1.165) is 0 Å². The minimum absolute atomic E-state index is 0.646. The summed E-state index contributed by atoms with van der Waals surface area (Å²) >= 11 is -3.11. The normalized spacial score (nSPS) is 20.6. The van der Waals surface area contributed by atoms with Gasteiger partial charge in [0.25, 0.3) is 0 Å². The molecule has 1 fully saturated rings. The average Bonchev–Trinajstić information content (AvgIpc) is 3.52. The summed E-state index contributed by atoms with van der Waals surface area (Å²) in [4.78, 5) is 0. The van der Waals surface area contributed by atoms with Crippen LogP contribution in [0.25, 0.3) is 34.4 Å². The van der Waals surface area contributed by atoms with Crippen molar-refractivity contribution in [1.82, 2.24) is 0 Å². The van der Waals surface area contributed by atoms with Gasteiger partial charge in [-0.25, -0.2) is 0 Å². The molecule has 0 spiro atoms. The predicted molar refractivity (Wildman–Crippen MR) is 192 cm³/mol. The van der Waals surface area contributed by atoms with Crippen LogP contribution in [0.3, 0.4) is 0 Å². The Morgan fingerprint density at radius 1 is 0.545 bits per heavy atom. The first-order valence-electron chi connectivity index (χ1n) is 16.7. The van der Waals surface area contributed by atoms with Crippen LogP contribution in [0.15, 0.2) is 83.2 Å². The summed E-state index contributed by atoms with van der Waals surface area (Å²) in [6.07, 6.45) is 5.54. The molecule has 2 aliphatic carbocycles. The van der Waals surface area contributed by atoms with Crippen LogP contribution >= 0.6 is 0 Å². The number of fused-ring (bicyclic) bond motifs is 6. The first-order chi connectivity index (χ1) is 20.8. The summed E-state index contributed by atoms with van der Waals surface area (Å²) in [5.74, 6) is 0. The van der Waals surface area contributed by atoms with Gasteiger partial charge in [0.15, 0.2) is 0 Å². The summed E-state index contributed by atoms with van der Waals surface area (Å²) in [5, 5.41) is 3.76. The van der Waals surface area contributed by atoms with Crippen LogP contribution in [0.4, 0.5) is 0 Å². The first-order valence-corrected chi connectivity index (χ1v) is 30.2. The molecule has 0 amide bonds. The molecule has 1 heterocycles. The van der Waals surface area contributed by atoms with Gasteiger partial charge in [-0.2, -0.15) is 0 Å². The van der Waals surface area contributed by atoms with E-state index >= 15 is 0 Å². The predicted octanol–water partition coefficient (Wildman–Crippen LogP) is 12.4. The Bertz CT molecular complexity index is 1720. The average molecular weight is 759 g/mol. The number of hydrogen-bond donors (Lipinski definition) is 0. The monoisotopic (exact) mass is 760 g/mol. The molecule has 0 N–H and O–H groups in total. The molecule has 0 nitrogen and oxygen atoms in total. The standard InChI is InChI=1S/C40H42Si.2CH3.Hf/c1-25(2)41(26(3)4,35-21-31-11-9-13-37(39(31)23-35)33-17-27(5)15-28(6)18-33)36-22-32-12-10-14-38(40(32)24-36)34-19-29(7)16-30(8)20-34;;;/h9-26H,1-8H3;2*1H3;. The molecule has 7 rings (SSSR count). The van der Waals surface area contributed by atoms with Crippen LogP contribution in [0, 0.1) is 27.7 Å². The van der Waals surface area contributed by atoms with E-state index in [4.69, 9.17) is 0 Å². The molecule has 2 heteroatoms. The molecular weight excluding hydrogens is 711 g/mol. The van der Waals surface area contributed by atoms with Crippen molar-refractivity contribution < 1.29 is 20.0 Å². The van der Waals surface area contributed by atoms with E-state index in [0.29, 0.717) is 18.4 Å². The molecule has 1 saturated heterocycles. The van der Waals surface area contributed by atoms with Crippen molar-refractivity contribution in [1.29, 1.82) is 0 Å². The van der Waals surface area contributed by atoms with Gasteiger partial charge < -0.3 is 0 Å². The Hall–Kier alpha value is -2.55. The van der Waals surface area contributed by atoms with Crippen molar-refractivity contribution >= 4 is 20.2 Å². The molecule has 0 bridgehead atoms. The molecule has 4 aromatic carbocycles. The SMILES string of the molecule is Cc1cc(C)cc(-c2cccc3c2C=C2[CH]3[Hf]([CH3])([CH3])[CH]3C(=Cc4c(-c5cc(C)cc(C)c5)cccc43)[Si]2(C(C)C)C(C)C)c1. The van der Waals surface area contributed by atoms with Gasteiger partial charge in [0.05, 0.1) is 0 Å². The molecule has 0 aromatic heterocycles. The van der Waals surface area contributed by atoms with Gasteiger partial charge in [-0.15, -0.1) is 0 Å². The molecule has 3 aliphatic rings. The summed E-state index contributed by atoms with van der Waals surface area (Å²) in [6.45, 7) is 19.2. The second-order valence-electron chi connectivity index (χ2n) is 15.4. The van der Waals surface area contributed by atoms with E-state index in [1.54, 1.807) is 11.1 Å². The fraction of sp³-hybridized carbons (Fsp3) is 0.333. The third kappa shape index (κ3) is 4.23. The topological polar surface area (TPSA) is 0 Å². The molecule has 2 unspecified atom stereocenters. The van der Waals surface area contributed by atoms with Gasteiger partial charge in [-0.05, 0) is 0 Å². The van der Waals surface area contributed by atoms with Gasteiger partial charge >= 0.3 is 273 Å². The van der Waals surface area contributed by atoms with E-state index in [2.05, 4.69) is 150 Å². The van der Waals surface area contributed by atoms with Crippen molar-refractivity contribution in [3.05, 3.63) is 128 Å². The van der Waals surface area contributed by atoms with Crippen molar-refractivity contribution in [2.45, 2.75) is 83.2 Å². The molecule has 1 aliphatic heterocycles. The van der Waals surface area contributed by atoms with Crippen LogP contribution in [-0.4, -0.2) is 8.07 Å². The van der Waals surface area contributed by atoms with E-state index in [1.165, 1.54) is 55.6 Å². The molecule has 224 valence electrons. The molecule has 2 atom stereocenters. The van der Waals surface area contributed by atoms with E-state index in [9.17, 15) is 0 Å². The Morgan fingerprint density at radius 3 is 1.25 bits per heavy atom. The fourth-order valence-corrected chi connectivity index (χ4v) is 42.9. The van der Waals surface area contributed by atoms with Crippen molar-refractivity contribution in [3.8, 4) is 22.3 Å². The summed E-state index contributed by atoms with van der Waals surface area (Å²) in [6, 6.07) is 28.8. The van der Waals surface area contributed by atoms with E-state index in [-0.39, 0.29) is 0 Å². The molecule has 4 aromatic rings. The minimum atomic E-state index is -3.11. The quantitative estimate of drug-likeness (QED) is 0.182. The van der Waals surface area contributed by atoms with Crippen LogP contribution in [0.5, 0.6) is 0 Å². The van der Waals surface area contributed by atoms with Crippen molar-refractivity contribution in [3.63, 3.8) is 0 Å². The Balaban J connectivity index is 1.51. The second kappa shape index (κ2) is 10.5. The number of allylic oxidation sites excluding steroid dienone is 2. The van der Waals surface area contributed by atoms with Crippen LogP contribution < -0.4 is 0 Å². The first kappa shape index (κ1) is 30.1. The molecule has 44 heavy (non-hydrogen) atoms. The molecule has 0 radical (unpaired) electrons. The second-order valence-corrected chi connectivity index (χ2v) is 37.9. The number of rotatable bonds is 4. The Kier molecular flexibility index (Phi) is 7.18. The van der Waals surface area contributed by atoms with Crippen LogP contribution in [0.1, 0.15) is 79.6 Å². The maximum atomic E-state index is 2.81. The van der Waals surface area contributed by atoms with Crippen molar-refractivity contribution in [2.24, 2.45) is 0 Å². The molecular formula is C42H48HfSi. The number of hydrogen-bond acceptors (Lipinski definition) is 0. The van der Waals surface area contributed by atoms with Gasteiger partial charge in [0, 0.05) is 0 Å². The Labute approximate surface area is 271 Å². The van der Waals surface area contributed by atoms with Gasteiger partial charge in [0.2, 0.25) is 0 Å². The number of aryl methyl sites for hydroxylation is 4. The van der Waals surface area contributed by atoms with E-state index < -0.39 is 28.0 Å². The summed E-state index contributed by atoms with van der Waals surface area (Å²) in [7, 11) is -2.10. The third-order valence-electron chi connectivity index (χ3n) is 11.5. The summed E-state index contributed by atoms with van der Waals surface area (Å²) < 4.78 is 6.91. The van der Waals surface area contributed by atoms with Gasteiger partial charge in [-0.1, -0.05) is 0 Å². The Morgan fingerprint density at radius 2 is 0.909 bits per heavy atom. The summed E-state index contributed by atoms with van der Waals surface area (Å²) in [5.41, 5.74) is 18.7. The zero-order valence-electron chi connectivity index (χ0n) is 28.4. The third-order valence-corrected chi connectivity index (χ3v) is 35.1. The zero-order chi connectivity index (χ0) is 31.3. The molecule has 0 saturated carbocycles. The van der Waals surface area contributed by atoms with E-state index in [1.807, 2.05) is 10.4 Å². The fourth-order valence-electron chi connectivity index (χ4n) is 10.2. The van der Waals surface area contributed by atoms with Crippen LogP contribution in [-0.2, 0) is 20.0 Å².